The molecule has 0 amide bonds. The summed E-state index contributed by atoms with van der Waals surface area (Å²) in [6.07, 6.45) is 1.80. The molecular weight excluding hydrogens is 184 g/mol. The average molecular weight is 200 g/mol. The molecule has 74 valence electrons. The van der Waals surface area contributed by atoms with Gasteiger partial charge < -0.3 is 9.64 Å². The van der Waals surface area contributed by atoms with Crippen molar-refractivity contribution in [2.24, 2.45) is 4.99 Å². The molecule has 0 aliphatic carbocycles. The SMILES string of the molecule is CC(C)=N/C=C(\S)N1CCOCC1. The first-order chi connectivity index (χ1) is 6.20. The van der Waals surface area contributed by atoms with Gasteiger partial charge in [0.2, 0.25) is 0 Å². The van der Waals surface area contributed by atoms with Crippen LogP contribution in [0.5, 0.6) is 0 Å². The lowest BCUT2D eigenvalue weighted by Crippen LogP contribution is -2.34. The van der Waals surface area contributed by atoms with Crippen molar-refractivity contribution in [1.29, 1.82) is 0 Å². The Kier molecular flexibility index (Phi) is 4.32. The van der Waals surface area contributed by atoms with Crippen molar-refractivity contribution >= 4 is 18.3 Å². The van der Waals surface area contributed by atoms with E-state index in [1.807, 2.05) is 13.8 Å². The maximum absolute atomic E-state index is 5.24. The predicted molar refractivity (Wildman–Crippen MR) is 58.2 cm³/mol. The molecule has 0 bridgehead atoms. The van der Waals surface area contributed by atoms with Gasteiger partial charge in [-0.25, -0.2) is 0 Å². The van der Waals surface area contributed by atoms with E-state index in [0.717, 1.165) is 37.0 Å². The van der Waals surface area contributed by atoms with Gasteiger partial charge in [0.25, 0.3) is 0 Å². The van der Waals surface area contributed by atoms with Crippen molar-refractivity contribution < 1.29 is 4.74 Å². The number of thiol groups is 1. The second-order valence-corrected chi connectivity index (χ2v) is 3.62. The number of morpholine rings is 1. The first-order valence-corrected chi connectivity index (χ1v) is 4.87. The number of hydrogen-bond acceptors (Lipinski definition) is 4. The second kappa shape index (κ2) is 5.29. The average Bonchev–Trinajstić information content (AvgIpc) is 2.15. The Hall–Kier alpha value is -0.480. The van der Waals surface area contributed by atoms with Gasteiger partial charge in [0, 0.05) is 18.8 Å². The molecule has 1 saturated heterocycles. The van der Waals surface area contributed by atoms with Crippen LogP contribution in [0.3, 0.4) is 0 Å². The van der Waals surface area contributed by atoms with Gasteiger partial charge in [-0.1, -0.05) is 0 Å². The second-order valence-electron chi connectivity index (χ2n) is 3.16. The summed E-state index contributed by atoms with van der Waals surface area (Å²) in [7, 11) is 0. The fourth-order valence-electron chi connectivity index (χ4n) is 1.06. The van der Waals surface area contributed by atoms with Crippen LogP contribution in [-0.4, -0.2) is 36.9 Å². The van der Waals surface area contributed by atoms with Gasteiger partial charge in [0.1, 0.15) is 0 Å². The molecule has 0 N–H and O–H groups in total. The van der Waals surface area contributed by atoms with Crippen LogP contribution >= 0.6 is 12.6 Å². The van der Waals surface area contributed by atoms with E-state index in [4.69, 9.17) is 4.74 Å². The normalized spacial score (nSPS) is 18.7. The lowest BCUT2D eigenvalue weighted by molar-refractivity contribution is 0.0577. The Morgan fingerprint density at radius 2 is 2.00 bits per heavy atom. The molecule has 0 atom stereocenters. The summed E-state index contributed by atoms with van der Waals surface area (Å²) < 4.78 is 5.24. The molecule has 13 heavy (non-hydrogen) atoms. The molecule has 1 aliphatic rings. The summed E-state index contributed by atoms with van der Waals surface area (Å²) in [4.78, 5) is 6.36. The lowest BCUT2D eigenvalue weighted by atomic mass is 10.4. The van der Waals surface area contributed by atoms with Gasteiger partial charge in [-0.2, -0.15) is 0 Å². The fourth-order valence-corrected chi connectivity index (χ4v) is 1.32. The number of aliphatic imine (C=N–C) groups is 1. The van der Waals surface area contributed by atoms with Gasteiger partial charge in [-0.05, 0) is 13.8 Å². The monoisotopic (exact) mass is 200 g/mol. The van der Waals surface area contributed by atoms with Crippen molar-refractivity contribution in [2.45, 2.75) is 13.8 Å². The molecular formula is C9H16N2OS. The zero-order chi connectivity index (χ0) is 9.68. The van der Waals surface area contributed by atoms with Crippen molar-refractivity contribution in [1.82, 2.24) is 4.90 Å². The van der Waals surface area contributed by atoms with Crippen LogP contribution < -0.4 is 0 Å². The van der Waals surface area contributed by atoms with Crippen LogP contribution in [0.15, 0.2) is 16.2 Å². The number of ether oxygens (including phenoxy) is 1. The van der Waals surface area contributed by atoms with Gasteiger partial charge >= 0.3 is 0 Å². The molecule has 1 fully saturated rings. The van der Waals surface area contributed by atoms with Crippen LogP contribution in [0.25, 0.3) is 0 Å². The maximum atomic E-state index is 5.24. The lowest BCUT2D eigenvalue weighted by Gasteiger charge is -2.28. The van der Waals surface area contributed by atoms with E-state index >= 15 is 0 Å². The highest BCUT2D eigenvalue weighted by Crippen LogP contribution is 2.11. The molecule has 0 unspecified atom stereocenters. The Morgan fingerprint density at radius 1 is 1.38 bits per heavy atom. The Balaban J connectivity index is 2.49. The zero-order valence-corrected chi connectivity index (χ0v) is 9.05. The van der Waals surface area contributed by atoms with E-state index in [9.17, 15) is 0 Å². The van der Waals surface area contributed by atoms with Crippen LogP contribution in [0, 0.1) is 0 Å². The first-order valence-electron chi connectivity index (χ1n) is 4.43. The zero-order valence-electron chi connectivity index (χ0n) is 8.16. The third-order valence-corrected chi connectivity index (χ3v) is 2.17. The number of hydrogen-bond donors (Lipinski definition) is 1. The predicted octanol–water partition coefficient (Wildman–Crippen LogP) is 1.53. The van der Waals surface area contributed by atoms with E-state index in [2.05, 4.69) is 22.5 Å². The summed E-state index contributed by atoms with van der Waals surface area (Å²) in [5.41, 5.74) is 1.04. The van der Waals surface area contributed by atoms with E-state index in [0.29, 0.717) is 0 Å². The summed E-state index contributed by atoms with van der Waals surface area (Å²) in [5, 5.41) is 0.921. The first kappa shape index (κ1) is 10.6. The van der Waals surface area contributed by atoms with Gasteiger partial charge in [-0.15, -0.1) is 12.6 Å². The maximum Gasteiger partial charge on any atom is 0.0864 e. The van der Waals surface area contributed by atoms with E-state index in [1.54, 1.807) is 6.20 Å². The minimum Gasteiger partial charge on any atom is -0.378 e. The molecule has 1 aliphatic heterocycles. The standard InChI is InChI=1S/C9H16N2OS/c1-8(2)10-7-9(13)11-3-5-12-6-4-11/h7,13H,3-6H2,1-2H3/b9-7-. The highest BCUT2D eigenvalue weighted by Gasteiger charge is 2.10. The third kappa shape index (κ3) is 3.83. The van der Waals surface area contributed by atoms with E-state index < -0.39 is 0 Å². The topological polar surface area (TPSA) is 24.8 Å². The molecule has 4 heteroatoms. The van der Waals surface area contributed by atoms with Crippen LogP contribution in [0.4, 0.5) is 0 Å². The van der Waals surface area contributed by atoms with Crippen molar-refractivity contribution in [2.75, 3.05) is 26.3 Å². The molecule has 1 rings (SSSR count). The van der Waals surface area contributed by atoms with Gasteiger partial charge in [-0.3, -0.25) is 4.99 Å². The Morgan fingerprint density at radius 3 is 2.54 bits per heavy atom. The van der Waals surface area contributed by atoms with Crippen molar-refractivity contribution in [3.8, 4) is 0 Å². The highest BCUT2D eigenvalue weighted by atomic mass is 32.1. The third-order valence-electron chi connectivity index (χ3n) is 1.77. The Bertz CT molecular complexity index is 216. The molecule has 0 saturated carbocycles. The van der Waals surface area contributed by atoms with Crippen LogP contribution in [0.2, 0.25) is 0 Å². The molecule has 1 heterocycles. The Labute approximate surface area is 84.9 Å². The van der Waals surface area contributed by atoms with Crippen molar-refractivity contribution in [3.63, 3.8) is 0 Å². The van der Waals surface area contributed by atoms with Crippen LogP contribution in [0.1, 0.15) is 13.8 Å². The smallest absolute Gasteiger partial charge is 0.0864 e. The number of nitrogens with zero attached hydrogens (tertiary/aromatic N) is 2. The highest BCUT2D eigenvalue weighted by molar-refractivity contribution is 7.84. The largest absolute Gasteiger partial charge is 0.378 e. The molecule has 0 spiro atoms. The molecule has 0 radical (unpaired) electrons. The number of rotatable bonds is 2. The summed E-state index contributed by atoms with van der Waals surface area (Å²) >= 11 is 4.37. The van der Waals surface area contributed by atoms with Crippen LogP contribution in [-0.2, 0) is 4.74 Å². The molecule has 0 aromatic carbocycles. The molecule has 0 aromatic rings. The minimum absolute atomic E-state index is 0.784. The fraction of sp³-hybridized carbons (Fsp3) is 0.667. The summed E-state index contributed by atoms with van der Waals surface area (Å²) in [5.74, 6) is 0. The van der Waals surface area contributed by atoms with E-state index in [1.165, 1.54) is 0 Å². The summed E-state index contributed by atoms with van der Waals surface area (Å²) in [6.45, 7) is 7.33. The van der Waals surface area contributed by atoms with Gasteiger partial charge in [0.05, 0.1) is 24.4 Å². The quantitative estimate of drug-likeness (QED) is 0.540. The minimum atomic E-state index is 0.784. The van der Waals surface area contributed by atoms with Gasteiger partial charge in [0.15, 0.2) is 0 Å². The van der Waals surface area contributed by atoms with E-state index in [-0.39, 0.29) is 0 Å². The van der Waals surface area contributed by atoms with Crippen molar-refractivity contribution in [3.05, 3.63) is 11.2 Å². The molecule has 0 aromatic heterocycles. The molecule has 3 nitrogen and oxygen atoms in total. The summed E-state index contributed by atoms with van der Waals surface area (Å²) in [6, 6.07) is 0.